The van der Waals surface area contributed by atoms with Gasteiger partial charge < -0.3 is 10.1 Å². The van der Waals surface area contributed by atoms with Gasteiger partial charge in [0.25, 0.3) is 0 Å². The summed E-state index contributed by atoms with van der Waals surface area (Å²) in [6.45, 7) is 0.349. The third-order valence-corrected chi connectivity index (χ3v) is 2.42. The van der Waals surface area contributed by atoms with Gasteiger partial charge in [-0.15, -0.1) is 0 Å². The van der Waals surface area contributed by atoms with Crippen LogP contribution in [0, 0.1) is 10.1 Å². The third kappa shape index (κ3) is 3.15. The highest BCUT2D eigenvalue weighted by molar-refractivity contribution is 5.57. The van der Waals surface area contributed by atoms with Crippen LogP contribution in [0.1, 0.15) is 5.69 Å². The lowest BCUT2D eigenvalue weighted by atomic mass is 10.3. The first-order valence-corrected chi connectivity index (χ1v) is 5.54. The first-order valence-electron chi connectivity index (χ1n) is 5.54. The number of methoxy groups -OCH3 is 1. The number of nitrogens with one attached hydrogen (secondary N) is 1. The van der Waals surface area contributed by atoms with Gasteiger partial charge in [0.1, 0.15) is 0 Å². The number of pyridine rings is 2. The minimum atomic E-state index is -0.493. The summed E-state index contributed by atoms with van der Waals surface area (Å²) >= 11 is 0. The Kier molecular flexibility index (Phi) is 3.87. The number of hydrogen-bond donors (Lipinski definition) is 1. The van der Waals surface area contributed by atoms with E-state index in [1.54, 1.807) is 12.3 Å². The fourth-order valence-corrected chi connectivity index (χ4v) is 1.50. The highest BCUT2D eigenvalue weighted by Crippen LogP contribution is 2.25. The molecule has 0 bridgehead atoms. The van der Waals surface area contributed by atoms with Crippen molar-refractivity contribution in [2.45, 2.75) is 6.54 Å². The van der Waals surface area contributed by atoms with E-state index >= 15 is 0 Å². The molecule has 0 amide bonds. The zero-order valence-corrected chi connectivity index (χ0v) is 10.2. The Labute approximate surface area is 109 Å². The van der Waals surface area contributed by atoms with Gasteiger partial charge in [-0.2, -0.15) is 4.98 Å². The Morgan fingerprint density at radius 1 is 1.37 bits per heavy atom. The second-order valence-corrected chi connectivity index (χ2v) is 3.65. The molecular weight excluding hydrogens is 248 g/mol. The molecule has 98 valence electrons. The molecule has 2 rings (SSSR count). The maximum atomic E-state index is 10.9. The smallest absolute Gasteiger partial charge is 0.311 e. The predicted molar refractivity (Wildman–Crippen MR) is 69.0 cm³/mol. The lowest BCUT2D eigenvalue weighted by Crippen LogP contribution is -2.06. The van der Waals surface area contributed by atoms with Gasteiger partial charge in [0, 0.05) is 18.3 Å². The summed E-state index contributed by atoms with van der Waals surface area (Å²) in [7, 11) is 1.46. The van der Waals surface area contributed by atoms with E-state index in [9.17, 15) is 10.1 Å². The molecule has 0 aliphatic rings. The Bertz CT molecular complexity index is 574. The van der Waals surface area contributed by atoms with Crippen molar-refractivity contribution in [2.24, 2.45) is 0 Å². The van der Waals surface area contributed by atoms with Crippen molar-refractivity contribution in [1.82, 2.24) is 9.97 Å². The monoisotopic (exact) mass is 260 g/mol. The molecule has 2 aromatic heterocycles. The Morgan fingerprint density at radius 2 is 2.21 bits per heavy atom. The van der Waals surface area contributed by atoms with E-state index in [0.29, 0.717) is 12.4 Å². The molecule has 0 fully saturated rings. The fourth-order valence-electron chi connectivity index (χ4n) is 1.50. The van der Waals surface area contributed by atoms with Gasteiger partial charge in [-0.25, -0.2) is 0 Å². The van der Waals surface area contributed by atoms with Gasteiger partial charge in [0.05, 0.1) is 24.3 Å². The van der Waals surface area contributed by atoms with Crippen LogP contribution in [0.25, 0.3) is 0 Å². The summed E-state index contributed by atoms with van der Waals surface area (Å²) in [4.78, 5) is 18.6. The predicted octanol–water partition coefficient (Wildman–Crippen LogP) is 2.01. The molecule has 7 heteroatoms. The summed E-state index contributed by atoms with van der Waals surface area (Å²) in [6, 6.07) is 8.27. The highest BCUT2D eigenvalue weighted by atomic mass is 16.6. The van der Waals surface area contributed by atoms with E-state index in [2.05, 4.69) is 15.3 Å². The summed E-state index contributed by atoms with van der Waals surface area (Å²) < 4.78 is 4.95. The van der Waals surface area contributed by atoms with E-state index in [4.69, 9.17) is 4.74 Å². The van der Waals surface area contributed by atoms with Crippen LogP contribution in [-0.4, -0.2) is 22.0 Å². The van der Waals surface area contributed by atoms with Crippen LogP contribution in [0.5, 0.6) is 5.88 Å². The molecular formula is C12H12N4O3. The lowest BCUT2D eigenvalue weighted by Gasteiger charge is -2.07. The Morgan fingerprint density at radius 3 is 2.84 bits per heavy atom. The SMILES string of the molecule is COc1ccc([N+](=O)[O-])c(NCc2ccccn2)n1. The zero-order valence-electron chi connectivity index (χ0n) is 10.2. The normalized spacial score (nSPS) is 9.95. The highest BCUT2D eigenvalue weighted by Gasteiger charge is 2.16. The maximum absolute atomic E-state index is 10.9. The van der Waals surface area contributed by atoms with Crippen LogP contribution in [0.3, 0.4) is 0 Å². The second kappa shape index (κ2) is 5.76. The first-order chi connectivity index (χ1) is 9.20. The number of rotatable bonds is 5. The molecule has 2 aromatic rings. The summed E-state index contributed by atoms with van der Waals surface area (Å²) in [6.07, 6.45) is 1.66. The van der Waals surface area contributed by atoms with Crippen molar-refractivity contribution in [3.05, 3.63) is 52.3 Å². The average molecular weight is 260 g/mol. The fraction of sp³-hybridized carbons (Fsp3) is 0.167. The van der Waals surface area contributed by atoms with Crippen LogP contribution >= 0.6 is 0 Å². The van der Waals surface area contributed by atoms with Crippen molar-refractivity contribution in [1.29, 1.82) is 0 Å². The van der Waals surface area contributed by atoms with Gasteiger partial charge >= 0.3 is 5.69 Å². The number of anilines is 1. The van der Waals surface area contributed by atoms with Crippen LogP contribution in [-0.2, 0) is 6.54 Å². The van der Waals surface area contributed by atoms with Gasteiger partial charge in [0.15, 0.2) is 0 Å². The van der Waals surface area contributed by atoms with Crippen LogP contribution in [0.4, 0.5) is 11.5 Å². The minimum absolute atomic E-state index is 0.100. The van der Waals surface area contributed by atoms with Crippen LogP contribution in [0.2, 0.25) is 0 Å². The van der Waals surface area contributed by atoms with Gasteiger partial charge in [0.2, 0.25) is 11.7 Å². The van der Waals surface area contributed by atoms with Crippen LogP contribution in [0.15, 0.2) is 36.5 Å². The Balaban J connectivity index is 2.20. The molecule has 0 saturated carbocycles. The number of nitrogens with zero attached hydrogens (tertiary/aromatic N) is 3. The first kappa shape index (κ1) is 12.7. The van der Waals surface area contributed by atoms with Gasteiger partial charge in [-0.05, 0) is 12.1 Å². The molecule has 0 atom stereocenters. The summed E-state index contributed by atoms with van der Waals surface area (Å²) in [5, 5.41) is 13.8. The molecule has 0 saturated heterocycles. The third-order valence-electron chi connectivity index (χ3n) is 2.42. The topological polar surface area (TPSA) is 90.2 Å². The molecule has 7 nitrogen and oxygen atoms in total. The lowest BCUT2D eigenvalue weighted by molar-refractivity contribution is -0.384. The molecule has 19 heavy (non-hydrogen) atoms. The van der Waals surface area contributed by atoms with Gasteiger partial charge in [-0.3, -0.25) is 15.1 Å². The van der Waals surface area contributed by atoms with Crippen molar-refractivity contribution in [3.8, 4) is 5.88 Å². The molecule has 1 N–H and O–H groups in total. The molecule has 0 aromatic carbocycles. The summed E-state index contributed by atoms with van der Waals surface area (Å²) in [5.41, 5.74) is 0.665. The quantitative estimate of drug-likeness (QED) is 0.653. The molecule has 0 aliphatic carbocycles. The van der Waals surface area contributed by atoms with Crippen molar-refractivity contribution in [2.75, 3.05) is 12.4 Å². The number of nitro groups is 1. The number of ether oxygens (including phenoxy) is 1. The van der Waals surface area contributed by atoms with Crippen molar-refractivity contribution < 1.29 is 9.66 Å². The molecule has 2 heterocycles. The average Bonchev–Trinajstić information content (AvgIpc) is 2.45. The van der Waals surface area contributed by atoms with Crippen molar-refractivity contribution in [3.63, 3.8) is 0 Å². The standard InChI is InChI=1S/C12H12N4O3/c1-19-11-6-5-10(16(17)18)12(15-11)14-8-9-4-2-3-7-13-9/h2-7H,8H2,1H3,(H,14,15). The molecule has 0 aliphatic heterocycles. The molecule has 0 radical (unpaired) electrons. The number of aromatic nitrogens is 2. The van der Waals surface area contributed by atoms with E-state index < -0.39 is 4.92 Å². The Hall–Kier alpha value is -2.70. The maximum Gasteiger partial charge on any atom is 0.311 e. The van der Waals surface area contributed by atoms with Gasteiger partial charge in [-0.1, -0.05) is 6.07 Å². The van der Waals surface area contributed by atoms with E-state index in [1.807, 2.05) is 12.1 Å². The number of hydrogen-bond acceptors (Lipinski definition) is 6. The van der Waals surface area contributed by atoms with E-state index in [-0.39, 0.29) is 11.5 Å². The molecule has 0 spiro atoms. The van der Waals surface area contributed by atoms with E-state index in [1.165, 1.54) is 19.2 Å². The molecule has 0 unspecified atom stereocenters. The van der Waals surface area contributed by atoms with E-state index in [0.717, 1.165) is 5.69 Å². The minimum Gasteiger partial charge on any atom is -0.481 e. The van der Waals surface area contributed by atoms with Crippen LogP contribution < -0.4 is 10.1 Å². The zero-order chi connectivity index (χ0) is 13.7. The second-order valence-electron chi connectivity index (χ2n) is 3.65. The van der Waals surface area contributed by atoms with Crippen molar-refractivity contribution >= 4 is 11.5 Å². The largest absolute Gasteiger partial charge is 0.481 e. The summed E-state index contributed by atoms with van der Waals surface area (Å²) in [5.74, 6) is 0.476.